The molecule has 2 aromatic carbocycles. The van der Waals surface area contributed by atoms with Crippen molar-refractivity contribution in [1.29, 1.82) is 0 Å². The molecule has 0 saturated carbocycles. The molecule has 2 aromatic rings. The van der Waals surface area contributed by atoms with E-state index in [0.29, 0.717) is 22.0 Å². The number of halogens is 2. The Hall–Kier alpha value is -1.80. The summed E-state index contributed by atoms with van der Waals surface area (Å²) in [6.07, 6.45) is -0.862. The van der Waals surface area contributed by atoms with Gasteiger partial charge in [0.05, 0.1) is 9.92 Å². The van der Waals surface area contributed by atoms with Gasteiger partial charge in [-0.05, 0) is 56.8 Å². The Morgan fingerprint density at radius 3 is 2.46 bits per heavy atom. The number of sulfonamides is 1. The van der Waals surface area contributed by atoms with Crippen LogP contribution in [0.5, 0.6) is 5.75 Å². The Labute approximate surface area is 162 Å². The van der Waals surface area contributed by atoms with Gasteiger partial charge in [-0.25, -0.2) is 13.1 Å². The smallest absolute Gasteiger partial charge is 0.265 e. The molecule has 0 aromatic heterocycles. The lowest BCUT2D eigenvalue weighted by molar-refractivity contribution is -0.122. The van der Waals surface area contributed by atoms with Gasteiger partial charge in [0.1, 0.15) is 5.75 Å². The number of hydrogen-bond acceptors (Lipinski definition) is 4. The molecule has 0 radical (unpaired) electrons. The van der Waals surface area contributed by atoms with Crippen LogP contribution in [0.4, 0.5) is 5.69 Å². The molecule has 0 aliphatic heterocycles. The van der Waals surface area contributed by atoms with Crippen molar-refractivity contribution >= 4 is 44.8 Å². The highest BCUT2D eigenvalue weighted by Gasteiger charge is 2.19. The fourth-order valence-electron chi connectivity index (χ4n) is 2.14. The minimum Gasteiger partial charge on any atom is -0.479 e. The third-order valence-electron chi connectivity index (χ3n) is 3.58. The molecule has 2 N–H and O–H groups in total. The Morgan fingerprint density at radius 2 is 1.85 bits per heavy atom. The summed E-state index contributed by atoms with van der Waals surface area (Å²) < 4.78 is 31.8. The number of aryl methyl sites for hydroxylation is 1. The standard InChI is InChI=1S/C17H18Cl2N2O4S/c1-10-4-6-13(9-16(10)26(23,24)20-3)21-17(22)11(2)25-15-7-5-12(18)8-14(15)19/h4-9,11,20H,1-3H3,(H,21,22). The normalized spacial score (nSPS) is 12.5. The molecule has 0 saturated heterocycles. The maximum absolute atomic E-state index is 12.3. The van der Waals surface area contributed by atoms with Gasteiger partial charge >= 0.3 is 0 Å². The topological polar surface area (TPSA) is 84.5 Å². The first-order valence-corrected chi connectivity index (χ1v) is 9.84. The maximum atomic E-state index is 12.3. The zero-order chi connectivity index (χ0) is 19.5. The van der Waals surface area contributed by atoms with E-state index in [9.17, 15) is 13.2 Å². The fraction of sp³-hybridized carbons (Fsp3) is 0.235. The van der Waals surface area contributed by atoms with Crippen LogP contribution in [0.15, 0.2) is 41.3 Å². The SMILES string of the molecule is CNS(=O)(=O)c1cc(NC(=O)C(C)Oc2ccc(Cl)cc2Cl)ccc1C. The predicted molar refractivity (Wildman–Crippen MR) is 103 cm³/mol. The predicted octanol–water partition coefficient (Wildman–Crippen LogP) is 3.62. The molecule has 26 heavy (non-hydrogen) atoms. The summed E-state index contributed by atoms with van der Waals surface area (Å²) >= 11 is 11.9. The Morgan fingerprint density at radius 1 is 1.15 bits per heavy atom. The first kappa shape index (κ1) is 20.5. The van der Waals surface area contributed by atoms with Gasteiger partial charge in [0.15, 0.2) is 6.10 Å². The van der Waals surface area contributed by atoms with Gasteiger partial charge in [0.2, 0.25) is 10.0 Å². The zero-order valence-corrected chi connectivity index (χ0v) is 16.7. The molecule has 1 atom stereocenters. The molecule has 0 bridgehead atoms. The van der Waals surface area contributed by atoms with Crippen LogP contribution in [0.3, 0.4) is 0 Å². The van der Waals surface area contributed by atoms with Gasteiger partial charge in [-0.1, -0.05) is 29.3 Å². The monoisotopic (exact) mass is 416 g/mol. The van der Waals surface area contributed by atoms with Crippen molar-refractivity contribution in [3.8, 4) is 5.75 Å². The number of carbonyl (C=O) groups excluding carboxylic acids is 1. The molecular formula is C17H18Cl2N2O4S. The number of hydrogen-bond donors (Lipinski definition) is 2. The van der Waals surface area contributed by atoms with Crippen LogP contribution in [-0.4, -0.2) is 27.5 Å². The maximum Gasteiger partial charge on any atom is 0.265 e. The molecule has 0 aliphatic carbocycles. The van der Waals surface area contributed by atoms with E-state index in [0.717, 1.165) is 0 Å². The van der Waals surface area contributed by atoms with Crippen LogP contribution in [0, 0.1) is 6.92 Å². The van der Waals surface area contributed by atoms with Gasteiger partial charge in [-0.15, -0.1) is 0 Å². The minimum absolute atomic E-state index is 0.0899. The molecule has 0 aliphatic rings. The van der Waals surface area contributed by atoms with Crippen molar-refractivity contribution in [3.05, 3.63) is 52.0 Å². The van der Waals surface area contributed by atoms with E-state index in [2.05, 4.69) is 10.0 Å². The molecule has 9 heteroatoms. The summed E-state index contributed by atoms with van der Waals surface area (Å²) in [4.78, 5) is 12.4. The van der Waals surface area contributed by atoms with Crippen LogP contribution in [0.1, 0.15) is 12.5 Å². The average Bonchev–Trinajstić information content (AvgIpc) is 2.58. The van der Waals surface area contributed by atoms with Crippen LogP contribution in [0.2, 0.25) is 10.0 Å². The Balaban J connectivity index is 2.15. The van der Waals surface area contributed by atoms with E-state index >= 15 is 0 Å². The van der Waals surface area contributed by atoms with Crippen molar-refractivity contribution in [1.82, 2.24) is 4.72 Å². The van der Waals surface area contributed by atoms with E-state index in [1.54, 1.807) is 38.1 Å². The molecule has 0 spiro atoms. The van der Waals surface area contributed by atoms with Crippen molar-refractivity contribution in [3.63, 3.8) is 0 Å². The summed E-state index contributed by atoms with van der Waals surface area (Å²) in [7, 11) is -2.30. The van der Waals surface area contributed by atoms with E-state index in [1.165, 1.54) is 19.2 Å². The second kappa shape index (κ2) is 8.26. The van der Waals surface area contributed by atoms with E-state index < -0.39 is 22.0 Å². The van der Waals surface area contributed by atoms with E-state index in [4.69, 9.17) is 27.9 Å². The Kier molecular flexibility index (Phi) is 6.52. The van der Waals surface area contributed by atoms with Gasteiger partial charge < -0.3 is 10.1 Å². The number of rotatable bonds is 6. The molecule has 2 rings (SSSR count). The molecule has 140 valence electrons. The van der Waals surface area contributed by atoms with Crippen molar-refractivity contribution < 1.29 is 17.9 Å². The van der Waals surface area contributed by atoms with E-state index in [1.807, 2.05) is 0 Å². The summed E-state index contributed by atoms with van der Waals surface area (Å²) in [6, 6.07) is 9.30. The Bertz CT molecular complexity index is 932. The molecule has 1 amide bonds. The third kappa shape index (κ3) is 4.88. The number of carbonyl (C=O) groups is 1. The summed E-state index contributed by atoms with van der Waals surface area (Å²) in [5, 5.41) is 3.37. The highest BCUT2D eigenvalue weighted by molar-refractivity contribution is 7.89. The molecular weight excluding hydrogens is 399 g/mol. The number of amides is 1. The van der Waals surface area contributed by atoms with Crippen LogP contribution < -0.4 is 14.8 Å². The van der Waals surface area contributed by atoms with E-state index in [-0.39, 0.29) is 9.92 Å². The highest BCUT2D eigenvalue weighted by Crippen LogP contribution is 2.28. The summed E-state index contributed by atoms with van der Waals surface area (Å²) in [6.45, 7) is 3.23. The largest absolute Gasteiger partial charge is 0.479 e. The van der Waals surface area contributed by atoms with Crippen LogP contribution in [-0.2, 0) is 14.8 Å². The van der Waals surface area contributed by atoms with Crippen LogP contribution >= 0.6 is 23.2 Å². The first-order chi connectivity index (χ1) is 12.1. The highest BCUT2D eigenvalue weighted by atomic mass is 35.5. The zero-order valence-electron chi connectivity index (χ0n) is 14.3. The number of ether oxygens (including phenoxy) is 1. The molecule has 0 fully saturated rings. The van der Waals surface area contributed by atoms with Gasteiger partial charge in [-0.3, -0.25) is 4.79 Å². The molecule has 1 unspecified atom stereocenters. The molecule has 0 heterocycles. The van der Waals surface area contributed by atoms with Gasteiger partial charge in [0.25, 0.3) is 5.91 Å². The van der Waals surface area contributed by atoms with Crippen LogP contribution in [0.25, 0.3) is 0 Å². The quantitative estimate of drug-likeness (QED) is 0.752. The second-order valence-electron chi connectivity index (χ2n) is 5.51. The average molecular weight is 417 g/mol. The van der Waals surface area contributed by atoms with Gasteiger partial charge in [-0.2, -0.15) is 0 Å². The van der Waals surface area contributed by atoms with Crippen molar-refractivity contribution in [2.75, 3.05) is 12.4 Å². The lowest BCUT2D eigenvalue weighted by Gasteiger charge is -2.16. The number of benzene rings is 2. The van der Waals surface area contributed by atoms with Gasteiger partial charge in [0, 0.05) is 10.7 Å². The summed E-state index contributed by atoms with van der Waals surface area (Å²) in [5.41, 5.74) is 0.904. The third-order valence-corrected chi connectivity index (χ3v) is 5.67. The minimum atomic E-state index is -3.63. The fourth-order valence-corrected chi connectivity index (χ4v) is 3.58. The molecule has 6 nitrogen and oxygen atoms in total. The lowest BCUT2D eigenvalue weighted by atomic mass is 10.2. The first-order valence-electron chi connectivity index (χ1n) is 7.61. The second-order valence-corrected chi connectivity index (χ2v) is 8.21. The lowest BCUT2D eigenvalue weighted by Crippen LogP contribution is -2.30. The number of nitrogens with one attached hydrogen (secondary N) is 2. The van der Waals surface area contributed by atoms with Crippen molar-refractivity contribution in [2.24, 2.45) is 0 Å². The van der Waals surface area contributed by atoms with Crippen molar-refractivity contribution in [2.45, 2.75) is 24.8 Å². The summed E-state index contributed by atoms with van der Waals surface area (Å²) in [5.74, 6) is -0.131. The number of anilines is 1.